The van der Waals surface area contributed by atoms with Gasteiger partial charge in [0.25, 0.3) is 0 Å². The molecule has 0 fully saturated rings. The molecule has 0 aromatic heterocycles. The topological polar surface area (TPSA) is 30.8 Å². The third kappa shape index (κ3) is 4.56. The van der Waals surface area contributed by atoms with Gasteiger partial charge in [0.05, 0.1) is 6.61 Å². The first-order chi connectivity index (χ1) is 15.2. The molecule has 0 aliphatic rings. The van der Waals surface area contributed by atoms with E-state index < -0.39 is 0 Å². The van der Waals surface area contributed by atoms with Crippen molar-refractivity contribution in [1.29, 1.82) is 0 Å². The highest BCUT2D eigenvalue weighted by atomic mass is 16.5. The van der Waals surface area contributed by atoms with E-state index in [9.17, 15) is 0 Å². The second-order valence-corrected chi connectivity index (χ2v) is 8.10. The molecule has 4 rings (SSSR count). The van der Waals surface area contributed by atoms with E-state index in [0.29, 0.717) is 19.1 Å². The largest absolute Gasteiger partial charge is 0.493 e. The van der Waals surface area contributed by atoms with Crippen molar-refractivity contribution >= 4 is 27.8 Å². The van der Waals surface area contributed by atoms with Gasteiger partial charge in [-0.1, -0.05) is 74.5 Å². The second kappa shape index (κ2) is 9.65. The minimum absolute atomic E-state index is 0.427. The molecular weight excluding hydrogens is 382 g/mol. The SMILES string of the molecule is CN=CCOc1ccc2ccccc2c1-c1c(OCCC(C)C)ccc2ccccc12. The van der Waals surface area contributed by atoms with Gasteiger partial charge in [0, 0.05) is 24.4 Å². The van der Waals surface area contributed by atoms with Crippen LogP contribution in [0.2, 0.25) is 0 Å². The van der Waals surface area contributed by atoms with E-state index in [2.05, 4.69) is 91.6 Å². The van der Waals surface area contributed by atoms with Crippen LogP contribution in [0.1, 0.15) is 20.3 Å². The van der Waals surface area contributed by atoms with Crippen LogP contribution in [0, 0.1) is 5.92 Å². The number of hydrogen-bond donors (Lipinski definition) is 0. The van der Waals surface area contributed by atoms with Gasteiger partial charge < -0.3 is 9.47 Å². The maximum atomic E-state index is 6.36. The fourth-order valence-electron chi connectivity index (χ4n) is 3.87. The molecule has 0 bridgehead atoms. The van der Waals surface area contributed by atoms with Gasteiger partial charge in [0.2, 0.25) is 0 Å². The van der Waals surface area contributed by atoms with Gasteiger partial charge in [-0.2, -0.15) is 0 Å². The molecule has 0 atom stereocenters. The number of hydrogen-bond acceptors (Lipinski definition) is 3. The van der Waals surface area contributed by atoms with Gasteiger partial charge in [-0.3, -0.25) is 4.99 Å². The van der Waals surface area contributed by atoms with Crippen LogP contribution < -0.4 is 9.47 Å². The van der Waals surface area contributed by atoms with Crippen molar-refractivity contribution in [3.63, 3.8) is 0 Å². The van der Waals surface area contributed by atoms with E-state index in [-0.39, 0.29) is 0 Å². The molecule has 3 nitrogen and oxygen atoms in total. The lowest BCUT2D eigenvalue weighted by molar-refractivity contribution is 0.291. The predicted molar refractivity (Wildman–Crippen MR) is 132 cm³/mol. The monoisotopic (exact) mass is 411 g/mol. The highest BCUT2D eigenvalue weighted by molar-refractivity contribution is 6.09. The Morgan fingerprint density at radius 2 is 1.29 bits per heavy atom. The molecule has 4 aromatic rings. The first-order valence-corrected chi connectivity index (χ1v) is 10.9. The summed E-state index contributed by atoms with van der Waals surface area (Å²) in [6.07, 6.45) is 2.79. The van der Waals surface area contributed by atoms with Gasteiger partial charge in [-0.15, -0.1) is 0 Å². The Kier molecular flexibility index (Phi) is 6.51. The fourth-order valence-corrected chi connectivity index (χ4v) is 3.87. The predicted octanol–water partition coefficient (Wildman–Crippen LogP) is 7.16. The van der Waals surface area contributed by atoms with Crippen LogP contribution in [0.4, 0.5) is 0 Å². The molecule has 4 aromatic carbocycles. The normalized spacial score (nSPS) is 11.6. The van der Waals surface area contributed by atoms with Crippen LogP contribution in [0.3, 0.4) is 0 Å². The van der Waals surface area contributed by atoms with Gasteiger partial charge in [0.1, 0.15) is 18.1 Å². The zero-order valence-corrected chi connectivity index (χ0v) is 18.5. The molecule has 0 saturated heterocycles. The average molecular weight is 412 g/mol. The zero-order valence-electron chi connectivity index (χ0n) is 18.5. The van der Waals surface area contributed by atoms with Crippen molar-refractivity contribution < 1.29 is 9.47 Å². The molecule has 0 N–H and O–H groups in total. The van der Waals surface area contributed by atoms with Crippen LogP contribution in [0.15, 0.2) is 77.8 Å². The molecule has 0 aliphatic carbocycles. The van der Waals surface area contributed by atoms with Crippen LogP contribution >= 0.6 is 0 Å². The maximum absolute atomic E-state index is 6.36. The standard InChI is InChI=1S/C28H29NO2/c1-20(2)16-18-30-25-14-12-21-8-4-6-10-23(21)27(25)28-24-11-7-5-9-22(24)13-15-26(28)31-19-17-29-3/h4-15,17,20H,16,18-19H2,1-3H3. The molecule has 0 heterocycles. The summed E-state index contributed by atoms with van der Waals surface area (Å²) in [5, 5.41) is 4.67. The lowest BCUT2D eigenvalue weighted by atomic mass is 9.92. The molecule has 3 heteroatoms. The molecular formula is C28H29NO2. The number of rotatable bonds is 8. The summed E-state index contributed by atoms with van der Waals surface area (Å²) in [4.78, 5) is 4.07. The van der Waals surface area contributed by atoms with Gasteiger partial charge >= 0.3 is 0 Å². The molecule has 31 heavy (non-hydrogen) atoms. The molecule has 0 saturated carbocycles. The third-order valence-corrected chi connectivity index (χ3v) is 5.48. The molecule has 0 aliphatic heterocycles. The summed E-state index contributed by atoms with van der Waals surface area (Å²) in [5.74, 6) is 2.32. The summed E-state index contributed by atoms with van der Waals surface area (Å²) in [7, 11) is 1.76. The van der Waals surface area contributed by atoms with Crippen molar-refractivity contribution in [2.45, 2.75) is 20.3 Å². The minimum Gasteiger partial charge on any atom is -0.493 e. The number of aliphatic imine (C=N–C) groups is 1. The number of benzene rings is 4. The summed E-state index contributed by atoms with van der Waals surface area (Å²) < 4.78 is 12.5. The second-order valence-electron chi connectivity index (χ2n) is 8.10. The third-order valence-electron chi connectivity index (χ3n) is 5.48. The Morgan fingerprint density at radius 3 is 1.84 bits per heavy atom. The molecule has 0 amide bonds. The van der Waals surface area contributed by atoms with Crippen molar-refractivity contribution in [2.75, 3.05) is 20.3 Å². The Hall–Kier alpha value is -3.33. The lowest BCUT2D eigenvalue weighted by Crippen LogP contribution is -2.04. The zero-order chi connectivity index (χ0) is 21.6. The maximum Gasteiger partial charge on any atom is 0.128 e. The average Bonchev–Trinajstić information content (AvgIpc) is 2.79. The smallest absolute Gasteiger partial charge is 0.128 e. The first-order valence-electron chi connectivity index (χ1n) is 10.9. The summed E-state index contributed by atoms with van der Waals surface area (Å²) >= 11 is 0. The summed E-state index contributed by atoms with van der Waals surface area (Å²) in [6.45, 7) is 5.55. The summed E-state index contributed by atoms with van der Waals surface area (Å²) in [6, 6.07) is 25.3. The van der Waals surface area contributed by atoms with E-state index in [1.807, 2.05) is 0 Å². The Morgan fingerprint density at radius 1 is 0.742 bits per heavy atom. The lowest BCUT2D eigenvalue weighted by Gasteiger charge is -2.19. The number of nitrogens with zero attached hydrogens (tertiary/aromatic N) is 1. The van der Waals surface area contributed by atoms with Crippen molar-refractivity contribution in [3.8, 4) is 22.6 Å². The van der Waals surface area contributed by atoms with Gasteiger partial charge in [-0.25, -0.2) is 0 Å². The van der Waals surface area contributed by atoms with Crippen molar-refractivity contribution in [3.05, 3.63) is 72.8 Å². The highest BCUT2D eigenvalue weighted by Gasteiger charge is 2.19. The highest BCUT2D eigenvalue weighted by Crippen LogP contribution is 2.45. The van der Waals surface area contributed by atoms with Crippen LogP contribution in [0.25, 0.3) is 32.7 Å². The molecule has 158 valence electrons. The van der Waals surface area contributed by atoms with Crippen LogP contribution in [0.5, 0.6) is 11.5 Å². The van der Waals surface area contributed by atoms with Crippen LogP contribution in [-0.4, -0.2) is 26.5 Å². The van der Waals surface area contributed by atoms with Crippen molar-refractivity contribution in [2.24, 2.45) is 10.9 Å². The van der Waals surface area contributed by atoms with E-state index in [1.54, 1.807) is 13.3 Å². The van der Waals surface area contributed by atoms with Gasteiger partial charge in [-0.05, 0) is 46.0 Å². The van der Waals surface area contributed by atoms with Crippen molar-refractivity contribution in [1.82, 2.24) is 0 Å². The Balaban J connectivity index is 1.96. The van der Waals surface area contributed by atoms with Gasteiger partial charge in [0.15, 0.2) is 0 Å². The van der Waals surface area contributed by atoms with E-state index >= 15 is 0 Å². The number of fused-ring (bicyclic) bond motifs is 2. The first kappa shape index (κ1) is 20.9. The molecule has 0 spiro atoms. The van der Waals surface area contributed by atoms with E-state index in [0.717, 1.165) is 39.8 Å². The van der Waals surface area contributed by atoms with Crippen LogP contribution in [-0.2, 0) is 0 Å². The van der Waals surface area contributed by atoms with E-state index in [4.69, 9.17) is 9.47 Å². The fraction of sp³-hybridized carbons (Fsp3) is 0.250. The summed E-state index contributed by atoms with van der Waals surface area (Å²) in [5.41, 5.74) is 2.15. The number of ether oxygens (including phenoxy) is 2. The molecule has 0 radical (unpaired) electrons. The Bertz CT molecular complexity index is 1210. The van der Waals surface area contributed by atoms with E-state index in [1.165, 1.54) is 10.8 Å². The minimum atomic E-state index is 0.427. The quantitative estimate of drug-likeness (QED) is 0.288. The molecule has 0 unspecified atom stereocenters. The Labute approximate surface area is 184 Å².